The number of benzene rings is 2. The van der Waals surface area contributed by atoms with Crippen LogP contribution in [0.5, 0.6) is 0 Å². The molecule has 0 aliphatic carbocycles. The Morgan fingerprint density at radius 1 is 1.11 bits per heavy atom. The van der Waals surface area contributed by atoms with E-state index in [0.717, 1.165) is 11.1 Å². The van der Waals surface area contributed by atoms with E-state index in [9.17, 15) is 4.79 Å². The van der Waals surface area contributed by atoms with E-state index in [1.54, 1.807) is 0 Å². The smallest absolute Gasteiger partial charge is 0.227 e. The third-order valence-corrected chi connectivity index (χ3v) is 5.31. The number of morpholine rings is 1. The number of nitrogens with zero attached hydrogens (tertiary/aromatic N) is 2. The zero-order valence-electron chi connectivity index (χ0n) is 16.0. The number of fused-ring (bicyclic) bond motifs is 1. The van der Waals surface area contributed by atoms with Crippen LogP contribution in [0.15, 0.2) is 60.8 Å². The van der Waals surface area contributed by atoms with E-state index in [2.05, 4.69) is 54.9 Å². The van der Waals surface area contributed by atoms with Crippen LogP contribution in [-0.4, -0.2) is 35.1 Å². The van der Waals surface area contributed by atoms with Crippen molar-refractivity contribution in [1.82, 2.24) is 9.47 Å². The van der Waals surface area contributed by atoms with Gasteiger partial charge in [-0.3, -0.25) is 4.79 Å². The highest BCUT2D eigenvalue weighted by atomic mass is 16.5. The molecular formula is C23H26N2O2. The molecule has 4 heteroatoms. The molecule has 1 aromatic heterocycles. The van der Waals surface area contributed by atoms with Gasteiger partial charge in [0, 0.05) is 29.7 Å². The number of rotatable bonds is 4. The predicted molar refractivity (Wildman–Crippen MR) is 108 cm³/mol. The van der Waals surface area contributed by atoms with Gasteiger partial charge in [0.15, 0.2) is 0 Å². The Labute approximate surface area is 160 Å². The normalized spacial score (nSPS) is 17.6. The molecule has 0 spiro atoms. The first-order valence-electron chi connectivity index (χ1n) is 9.66. The largest absolute Gasteiger partial charge is 0.370 e. The standard InChI is InChI=1S/C23H26N2O2/c1-17(2)25-15-19(20-10-6-7-11-21(20)25)14-23(26)24-12-13-27-22(16-24)18-8-4-3-5-9-18/h3-11,15,17,22H,12-14,16H2,1-2H3/t22-/m0/s1. The summed E-state index contributed by atoms with van der Waals surface area (Å²) >= 11 is 0. The molecule has 3 aromatic rings. The number of carbonyl (C=O) groups is 1. The van der Waals surface area contributed by atoms with Gasteiger partial charge < -0.3 is 14.2 Å². The first-order valence-corrected chi connectivity index (χ1v) is 9.66. The molecule has 1 atom stereocenters. The van der Waals surface area contributed by atoms with Crippen molar-refractivity contribution in [2.45, 2.75) is 32.4 Å². The number of para-hydroxylation sites is 1. The second-order valence-corrected chi connectivity index (χ2v) is 7.46. The van der Waals surface area contributed by atoms with Gasteiger partial charge in [-0.25, -0.2) is 0 Å². The van der Waals surface area contributed by atoms with Crippen molar-refractivity contribution in [3.8, 4) is 0 Å². The summed E-state index contributed by atoms with van der Waals surface area (Å²) in [5.41, 5.74) is 3.43. The van der Waals surface area contributed by atoms with Crippen LogP contribution in [-0.2, 0) is 16.0 Å². The molecule has 27 heavy (non-hydrogen) atoms. The first kappa shape index (κ1) is 17.8. The maximum atomic E-state index is 13.0. The molecular weight excluding hydrogens is 336 g/mol. The van der Waals surface area contributed by atoms with Crippen LogP contribution >= 0.6 is 0 Å². The van der Waals surface area contributed by atoms with Crippen LogP contribution < -0.4 is 0 Å². The highest BCUT2D eigenvalue weighted by Crippen LogP contribution is 2.27. The van der Waals surface area contributed by atoms with Crippen molar-refractivity contribution in [3.05, 3.63) is 71.9 Å². The number of hydrogen-bond donors (Lipinski definition) is 0. The SMILES string of the molecule is CC(C)n1cc(CC(=O)N2CCO[C@H](c3ccccc3)C2)c2ccccc21. The zero-order chi connectivity index (χ0) is 18.8. The van der Waals surface area contributed by atoms with Crippen LogP contribution in [0.3, 0.4) is 0 Å². The van der Waals surface area contributed by atoms with Crippen LogP contribution in [0.2, 0.25) is 0 Å². The zero-order valence-corrected chi connectivity index (χ0v) is 16.0. The lowest BCUT2D eigenvalue weighted by atomic mass is 10.1. The number of aromatic nitrogens is 1. The van der Waals surface area contributed by atoms with Crippen molar-refractivity contribution < 1.29 is 9.53 Å². The van der Waals surface area contributed by atoms with Gasteiger partial charge in [-0.05, 0) is 31.0 Å². The highest BCUT2D eigenvalue weighted by Gasteiger charge is 2.26. The van der Waals surface area contributed by atoms with Gasteiger partial charge in [0.2, 0.25) is 5.91 Å². The van der Waals surface area contributed by atoms with E-state index in [-0.39, 0.29) is 12.0 Å². The maximum absolute atomic E-state index is 13.0. The average Bonchev–Trinajstić information content (AvgIpc) is 3.08. The minimum atomic E-state index is -0.0408. The Hall–Kier alpha value is -2.59. The van der Waals surface area contributed by atoms with Crippen molar-refractivity contribution in [3.63, 3.8) is 0 Å². The third-order valence-electron chi connectivity index (χ3n) is 5.31. The number of hydrogen-bond acceptors (Lipinski definition) is 2. The molecule has 0 unspecified atom stereocenters. The Balaban J connectivity index is 1.53. The summed E-state index contributed by atoms with van der Waals surface area (Å²) in [6.07, 6.45) is 2.53. The first-order chi connectivity index (χ1) is 13.1. The van der Waals surface area contributed by atoms with Gasteiger partial charge >= 0.3 is 0 Å². The Morgan fingerprint density at radius 3 is 2.63 bits per heavy atom. The summed E-state index contributed by atoms with van der Waals surface area (Å²) in [7, 11) is 0. The fraction of sp³-hybridized carbons (Fsp3) is 0.348. The quantitative estimate of drug-likeness (QED) is 0.691. The molecule has 1 fully saturated rings. The third kappa shape index (κ3) is 3.62. The van der Waals surface area contributed by atoms with Crippen molar-refractivity contribution >= 4 is 16.8 Å². The van der Waals surface area contributed by atoms with E-state index in [1.165, 1.54) is 10.9 Å². The molecule has 0 bridgehead atoms. The highest BCUT2D eigenvalue weighted by molar-refractivity contribution is 5.89. The van der Waals surface area contributed by atoms with Gasteiger partial charge in [0.1, 0.15) is 6.10 Å². The van der Waals surface area contributed by atoms with Gasteiger partial charge in [0.25, 0.3) is 0 Å². The molecule has 140 valence electrons. The van der Waals surface area contributed by atoms with E-state index < -0.39 is 0 Å². The predicted octanol–water partition coefficient (Wildman–Crippen LogP) is 4.36. The summed E-state index contributed by atoms with van der Waals surface area (Å²) in [6.45, 7) is 6.20. The maximum Gasteiger partial charge on any atom is 0.227 e. The Bertz CT molecular complexity index is 930. The summed E-state index contributed by atoms with van der Waals surface area (Å²) in [5, 5.41) is 1.17. The minimum Gasteiger partial charge on any atom is -0.370 e. The van der Waals surface area contributed by atoms with Crippen LogP contribution in [0.25, 0.3) is 10.9 Å². The molecule has 0 saturated carbocycles. The molecule has 1 amide bonds. The molecule has 4 rings (SSSR count). The monoisotopic (exact) mass is 362 g/mol. The molecule has 2 aromatic carbocycles. The van der Waals surface area contributed by atoms with Gasteiger partial charge in [-0.2, -0.15) is 0 Å². The topological polar surface area (TPSA) is 34.5 Å². The van der Waals surface area contributed by atoms with Crippen LogP contribution in [0.1, 0.15) is 37.1 Å². The molecule has 2 heterocycles. The fourth-order valence-electron chi connectivity index (χ4n) is 3.87. The summed E-state index contributed by atoms with van der Waals surface area (Å²) in [5.74, 6) is 0.172. The Kier molecular flexibility index (Phi) is 4.99. The number of ether oxygens (including phenoxy) is 1. The minimum absolute atomic E-state index is 0.0408. The summed E-state index contributed by atoms with van der Waals surface area (Å²) < 4.78 is 8.16. The van der Waals surface area contributed by atoms with Gasteiger partial charge in [-0.15, -0.1) is 0 Å². The lowest BCUT2D eigenvalue weighted by molar-refractivity contribution is -0.138. The van der Waals surface area contributed by atoms with E-state index in [0.29, 0.717) is 32.2 Å². The van der Waals surface area contributed by atoms with E-state index >= 15 is 0 Å². The lowest BCUT2D eigenvalue weighted by Crippen LogP contribution is -2.42. The lowest BCUT2D eigenvalue weighted by Gasteiger charge is -2.33. The average molecular weight is 362 g/mol. The molecule has 1 saturated heterocycles. The molecule has 0 N–H and O–H groups in total. The summed E-state index contributed by atoms with van der Waals surface area (Å²) in [4.78, 5) is 15.0. The van der Waals surface area contributed by atoms with Crippen molar-refractivity contribution in [2.75, 3.05) is 19.7 Å². The summed E-state index contributed by atoms with van der Waals surface area (Å²) in [6, 6.07) is 18.9. The number of amides is 1. The van der Waals surface area contributed by atoms with Crippen LogP contribution in [0.4, 0.5) is 0 Å². The Morgan fingerprint density at radius 2 is 1.85 bits per heavy atom. The molecule has 1 aliphatic heterocycles. The molecule has 4 nitrogen and oxygen atoms in total. The van der Waals surface area contributed by atoms with E-state index in [1.807, 2.05) is 29.2 Å². The van der Waals surface area contributed by atoms with E-state index in [4.69, 9.17) is 4.74 Å². The second kappa shape index (κ2) is 7.57. The molecule has 0 radical (unpaired) electrons. The molecule has 1 aliphatic rings. The number of carbonyl (C=O) groups excluding carboxylic acids is 1. The van der Waals surface area contributed by atoms with Crippen LogP contribution in [0, 0.1) is 0 Å². The second-order valence-electron chi connectivity index (χ2n) is 7.46. The fourth-order valence-corrected chi connectivity index (χ4v) is 3.87. The van der Waals surface area contributed by atoms with Crippen molar-refractivity contribution in [1.29, 1.82) is 0 Å². The van der Waals surface area contributed by atoms with Gasteiger partial charge in [0.05, 0.1) is 19.6 Å². The van der Waals surface area contributed by atoms with Crippen molar-refractivity contribution in [2.24, 2.45) is 0 Å². The van der Waals surface area contributed by atoms with Gasteiger partial charge in [-0.1, -0.05) is 48.5 Å².